The highest BCUT2D eigenvalue weighted by Crippen LogP contribution is 2.17. The van der Waals surface area contributed by atoms with E-state index in [0.29, 0.717) is 5.56 Å². The normalized spacial score (nSPS) is 16.0. The maximum Gasteiger partial charge on any atom is 0.185 e. The molecule has 1 aliphatic rings. The lowest BCUT2D eigenvalue weighted by atomic mass is 10.1. The molecule has 1 aliphatic heterocycles. The van der Waals surface area contributed by atoms with Crippen LogP contribution in [0.25, 0.3) is 6.08 Å². The minimum atomic E-state index is 0.0128. The van der Waals surface area contributed by atoms with Crippen LogP contribution < -0.4 is 4.90 Å². The Balaban J connectivity index is 1.65. The van der Waals surface area contributed by atoms with Crippen molar-refractivity contribution < 1.29 is 4.79 Å². The van der Waals surface area contributed by atoms with Crippen LogP contribution in [0.4, 0.5) is 5.69 Å². The van der Waals surface area contributed by atoms with Crippen LogP contribution in [0.1, 0.15) is 15.9 Å². The number of rotatable bonds is 4. The third-order valence-electron chi connectivity index (χ3n) is 4.13. The molecule has 0 bridgehead atoms. The van der Waals surface area contributed by atoms with Crippen LogP contribution in [-0.4, -0.2) is 48.9 Å². The van der Waals surface area contributed by atoms with Crippen LogP contribution in [-0.2, 0) is 0 Å². The fraction of sp³-hybridized carbons (Fsp3) is 0.263. The predicted octanol–water partition coefficient (Wildman–Crippen LogP) is 2.73. The van der Waals surface area contributed by atoms with Crippen molar-refractivity contribution in [3.8, 4) is 0 Å². The maximum atomic E-state index is 12.2. The molecule has 0 saturated carbocycles. The lowest BCUT2D eigenvalue weighted by molar-refractivity contribution is 0.104. The van der Waals surface area contributed by atoms with Crippen molar-refractivity contribution in [2.45, 2.75) is 0 Å². The number of pyridine rings is 1. The Morgan fingerprint density at radius 3 is 2.48 bits per heavy atom. The Bertz CT molecular complexity index is 672. The van der Waals surface area contributed by atoms with Gasteiger partial charge in [-0.05, 0) is 55.1 Å². The minimum Gasteiger partial charge on any atom is -0.369 e. The molecule has 0 unspecified atom stereocenters. The van der Waals surface area contributed by atoms with E-state index in [-0.39, 0.29) is 5.78 Å². The van der Waals surface area contributed by atoms with Crippen molar-refractivity contribution in [1.82, 2.24) is 9.88 Å². The number of piperazine rings is 1. The van der Waals surface area contributed by atoms with Gasteiger partial charge >= 0.3 is 0 Å². The van der Waals surface area contributed by atoms with E-state index in [2.05, 4.69) is 21.8 Å². The Labute approximate surface area is 137 Å². The standard InChI is InChI=1S/C19H21N3O/c1-21-11-13-22(14-12-21)18-7-5-17(6-8-18)19(23)9-4-16-3-2-10-20-15-16/h2-10,15H,11-14H2,1H3/b9-4+. The summed E-state index contributed by atoms with van der Waals surface area (Å²) < 4.78 is 0. The second-order valence-electron chi connectivity index (χ2n) is 5.82. The van der Waals surface area contributed by atoms with Gasteiger partial charge in [0, 0.05) is 49.8 Å². The molecule has 3 rings (SSSR count). The van der Waals surface area contributed by atoms with E-state index in [9.17, 15) is 4.79 Å². The van der Waals surface area contributed by atoms with E-state index in [1.165, 1.54) is 5.69 Å². The van der Waals surface area contributed by atoms with Crippen LogP contribution in [0.5, 0.6) is 0 Å². The summed E-state index contributed by atoms with van der Waals surface area (Å²) in [6, 6.07) is 11.7. The lowest BCUT2D eigenvalue weighted by Crippen LogP contribution is -2.44. The molecule has 0 spiro atoms. The number of benzene rings is 1. The van der Waals surface area contributed by atoms with E-state index in [1.807, 2.05) is 36.4 Å². The van der Waals surface area contributed by atoms with Gasteiger partial charge in [0.2, 0.25) is 0 Å². The van der Waals surface area contributed by atoms with Crippen LogP contribution >= 0.6 is 0 Å². The van der Waals surface area contributed by atoms with E-state index in [1.54, 1.807) is 24.5 Å². The summed E-state index contributed by atoms with van der Waals surface area (Å²) in [6.07, 6.45) is 6.85. The van der Waals surface area contributed by atoms with Crippen molar-refractivity contribution in [3.05, 3.63) is 66.0 Å². The molecule has 0 N–H and O–H groups in total. The Kier molecular flexibility index (Phi) is 4.83. The third-order valence-corrected chi connectivity index (χ3v) is 4.13. The largest absolute Gasteiger partial charge is 0.369 e. The molecule has 4 nitrogen and oxygen atoms in total. The molecular weight excluding hydrogens is 286 g/mol. The zero-order valence-electron chi connectivity index (χ0n) is 13.4. The zero-order valence-corrected chi connectivity index (χ0v) is 13.4. The molecule has 1 saturated heterocycles. The summed E-state index contributed by atoms with van der Waals surface area (Å²) >= 11 is 0. The second kappa shape index (κ2) is 7.20. The SMILES string of the molecule is CN1CCN(c2ccc(C(=O)/C=C/c3cccnc3)cc2)CC1. The first kappa shape index (κ1) is 15.4. The van der Waals surface area contributed by atoms with Gasteiger partial charge in [-0.3, -0.25) is 9.78 Å². The molecule has 0 amide bonds. The second-order valence-corrected chi connectivity index (χ2v) is 5.82. The van der Waals surface area contributed by atoms with E-state index in [0.717, 1.165) is 31.7 Å². The van der Waals surface area contributed by atoms with E-state index < -0.39 is 0 Å². The van der Waals surface area contributed by atoms with Crippen LogP contribution in [0, 0.1) is 0 Å². The number of anilines is 1. The number of carbonyl (C=O) groups excluding carboxylic acids is 1. The monoisotopic (exact) mass is 307 g/mol. The summed E-state index contributed by atoms with van der Waals surface area (Å²) in [5.74, 6) is 0.0128. The number of nitrogens with zero attached hydrogens (tertiary/aromatic N) is 3. The van der Waals surface area contributed by atoms with Gasteiger partial charge in [0.15, 0.2) is 5.78 Å². The molecule has 2 aromatic rings. The highest BCUT2D eigenvalue weighted by molar-refractivity contribution is 6.06. The van der Waals surface area contributed by atoms with Gasteiger partial charge < -0.3 is 9.80 Å². The number of carbonyl (C=O) groups is 1. The molecular formula is C19H21N3O. The summed E-state index contributed by atoms with van der Waals surface area (Å²) in [5.41, 5.74) is 2.82. The van der Waals surface area contributed by atoms with Crippen molar-refractivity contribution in [1.29, 1.82) is 0 Å². The predicted molar refractivity (Wildman–Crippen MR) is 93.8 cm³/mol. The number of allylic oxidation sites excluding steroid dienone is 1. The van der Waals surface area contributed by atoms with Gasteiger partial charge in [0.1, 0.15) is 0 Å². The zero-order chi connectivity index (χ0) is 16.1. The summed E-state index contributed by atoms with van der Waals surface area (Å²) in [5, 5.41) is 0. The molecule has 0 atom stereocenters. The Hall–Kier alpha value is -2.46. The number of ketones is 1. The third kappa shape index (κ3) is 4.05. The molecule has 0 radical (unpaired) electrons. The Morgan fingerprint density at radius 1 is 1.09 bits per heavy atom. The van der Waals surface area contributed by atoms with Crippen molar-refractivity contribution >= 4 is 17.5 Å². The first-order valence-electron chi connectivity index (χ1n) is 7.88. The minimum absolute atomic E-state index is 0.0128. The number of likely N-dealkylation sites (N-methyl/N-ethyl adjacent to an activating group) is 1. The molecule has 0 aliphatic carbocycles. The van der Waals surface area contributed by atoms with E-state index in [4.69, 9.17) is 0 Å². The smallest absolute Gasteiger partial charge is 0.185 e. The summed E-state index contributed by atoms with van der Waals surface area (Å²) in [7, 11) is 2.15. The van der Waals surface area contributed by atoms with Crippen LogP contribution in [0.3, 0.4) is 0 Å². The summed E-state index contributed by atoms with van der Waals surface area (Å²) in [4.78, 5) is 20.9. The highest BCUT2D eigenvalue weighted by Gasteiger charge is 2.14. The fourth-order valence-electron chi connectivity index (χ4n) is 2.64. The fourth-order valence-corrected chi connectivity index (χ4v) is 2.64. The van der Waals surface area contributed by atoms with Gasteiger partial charge in [-0.25, -0.2) is 0 Å². The van der Waals surface area contributed by atoms with Gasteiger partial charge in [-0.15, -0.1) is 0 Å². The van der Waals surface area contributed by atoms with Gasteiger partial charge in [-0.1, -0.05) is 6.07 Å². The molecule has 1 aromatic heterocycles. The van der Waals surface area contributed by atoms with E-state index >= 15 is 0 Å². The number of hydrogen-bond donors (Lipinski definition) is 0. The first-order chi connectivity index (χ1) is 11.2. The topological polar surface area (TPSA) is 36.4 Å². The van der Waals surface area contributed by atoms with Crippen LogP contribution in [0.15, 0.2) is 54.9 Å². The van der Waals surface area contributed by atoms with Crippen molar-refractivity contribution in [2.24, 2.45) is 0 Å². The molecule has 23 heavy (non-hydrogen) atoms. The maximum absolute atomic E-state index is 12.2. The van der Waals surface area contributed by atoms with Crippen molar-refractivity contribution in [3.63, 3.8) is 0 Å². The number of hydrogen-bond acceptors (Lipinski definition) is 4. The number of aromatic nitrogens is 1. The molecule has 1 aromatic carbocycles. The van der Waals surface area contributed by atoms with Gasteiger partial charge in [0.05, 0.1) is 0 Å². The average Bonchev–Trinajstić information content (AvgIpc) is 2.61. The van der Waals surface area contributed by atoms with Crippen molar-refractivity contribution in [2.75, 3.05) is 38.1 Å². The summed E-state index contributed by atoms with van der Waals surface area (Å²) in [6.45, 7) is 4.22. The Morgan fingerprint density at radius 2 is 1.83 bits per heavy atom. The van der Waals surface area contributed by atoms with Gasteiger partial charge in [0.25, 0.3) is 0 Å². The molecule has 2 heterocycles. The van der Waals surface area contributed by atoms with Crippen LogP contribution in [0.2, 0.25) is 0 Å². The highest BCUT2D eigenvalue weighted by atomic mass is 16.1. The molecule has 1 fully saturated rings. The quantitative estimate of drug-likeness (QED) is 0.643. The van der Waals surface area contributed by atoms with Gasteiger partial charge in [-0.2, -0.15) is 0 Å². The average molecular weight is 307 g/mol. The molecule has 4 heteroatoms. The lowest BCUT2D eigenvalue weighted by Gasteiger charge is -2.34. The molecule has 118 valence electrons. The first-order valence-corrected chi connectivity index (χ1v) is 7.88.